The highest BCUT2D eigenvalue weighted by atomic mass is 16.3. The highest BCUT2D eigenvalue weighted by Crippen LogP contribution is 2.18. The van der Waals surface area contributed by atoms with Crippen LogP contribution in [0.15, 0.2) is 42.7 Å². The molecule has 0 radical (unpaired) electrons. The number of aryl methyl sites for hydroxylation is 1. The van der Waals surface area contributed by atoms with E-state index in [1.807, 2.05) is 6.07 Å². The monoisotopic (exact) mass is 379 g/mol. The second kappa shape index (κ2) is 8.50. The molecule has 7 nitrogen and oxygen atoms in total. The quantitative estimate of drug-likeness (QED) is 0.577. The van der Waals surface area contributed by atoms with Crippen molar-refractivity contribution in [3.8, 4) is 0 Å². The van der Waals surface area contributed by atoms with E-state index in [1.54, 1.807) is 12.4 Å². The van der Waals surface area contributed by atoms with Crippen molar-refractivity contribution in [3.63, 3.8) is 0 Å². The number of aromatic amines is 1. The standard InChI is InChI=1S/C21H25N5O2/c27-17(14-26-10-8-15-3-1-2-4-16(15)13-26)11-23-21(28)6-5-20-24-18-7-9-22-12-19(18)25-20/h1-4,7,9,12,17,27H,5-6,8,10-11,13-14H2,(H,23,28)(H,24,25)/t17-/m1/s1. The first kappa shape index (κ1) is 18.6. The first-order chi connectivity index (χ1) is 13.7. The number of hydrogen-bond acceptors (Lipinski definition) is 5. The zero-order valence-corrected chi connectivity index (χ0v) is 15.8. The van der Waals surface area contributed by atoms with E-state index in [0.29, 0.717) is 19.4 Å². The lowest BCUT2D eigenvalue weighted by atomic mass is 10.00. The van der Waals surface area contributed by atoms with Crippen LogP contribution in [0.3, 0.4) is 0 Å². The smallest absolute Gasteiger partial charge is 0.220 e. The van der Waals surface area contributed by atoms with Crippen LogP contribution in [0.5, 0.6) is 0 Å². The zero-order valence-electron chi connectivity index (χ0n) is 15.8. The van der Waals surface area contributed by atoms with Crippen LogP contribution in [0, 0.1) is 0 Å². The van der Waals surface area contributed by atoms with Crippen LogP contribution in [0.4, 0.5) is 0 Å². The number of aliphatic hydroxyl groups excluding tert-OH is 1. The Kier molecular flexibility index (Phi) is 5.64. The molecule has 0 spiro atoms. The van der Waals surface area contributed by atoms with E-state index in [2.05, 4.69) is 49.4 Å². The molecule has 1 aliphatic heterocycles. The fraction of sp³-hybridized carbons (Fsp3) is 0.381. The number of amides is 1. The molecule has 3 heterocycles. The number of aliphatic hydroxyl groups is 1. The largest absolute Gasteiger partial charge is 0.390 e. The Morgan fingerprint density at radius 1 is 1.29 bits per heavy atom. The number of fused-ring (bicyclic) bond motifs is 2. The van der Waals surface area contributed by atoms with Crippen LogP contribution in [0.25, 0.3) is 11.0 Å². The Labute approximate surface area is 163 Å². The minimum absolute atomic E-state index is 0.0818. The average Bonchev–Trinajstić information content (AvgIpc) is 3.14. The molecular formula is C21H25N5O2. The number of carbonyl (C=O) groups is 1. The molecule has 0 bridgehead atoms. The lowest BCUT2D eigenvalue weighted by molar-refractivity contribution is -0.121. The summed E-state index contributed by atoms with van der Waals surface area (Å²) in [6.07, 6.45) is 4.70. The van der Waals surface area contributed by atoms with Crippen LogP contribution in [-0.2, 0) is 24.2 Å². The van der Waals surface area contributed by atoms with Crippen molar-refractivity contribution in [2.75, 3.05) is 19.6 Å². The average molecular weight is 379 g/mol. The SMILES string of the molecule is O=C(CCc1nc2ccncc2[nH]1)NC[C@@H](O)CN1CCc2ccccc2C1. The second-order valence-corrected chi connectivity index (χ2v) is 7.29. The van der Waals surface area contributed by atoms with Gasteiger partial charge >= 0.3 is 0 Å². The summed E-state index contributed by atoms with van der Waals surface area (Å²) in [5.41, 5.74) is 4.44. The van der Waals surface area contributed by atoms with E-state index >= 15 is 0 Å². The lowest BCUT2D eigenvalue weighted by Crippen LogP contribution is -2.42. The Hall–Kier alpha value is -2.77. The normalized spacial score (nSPS) is 15.3. The molecule has 1 amide bonds. The summed E-state index contributed by atoms with van der Waals surface area (Å²) < 4.78 is 0. The maximum absolute atomic E-state index is 12.1. The van der Waals surface area contributed by atoms with Gasteiger partial charge in [-0.05, 0) is 23.6 Å². The molecule has 3 aromatic rings. The number of aromatic nitrogens is 3. The van der Waals surface area contributed by atoms with Crippen molar-refractivity contribution in [2.24, 2.45) is 0 Å². The molecule has 7 heteroatoms. The van der Waals surface area contributed by atoms with E-state index in [9.17, 15) is 9.90 Å². The van der Waals surface area contributed by atoms with Gasteiger partial charge in [0.15, 0.2) is 0 Å². The van der Waals surface area contributed by atoms with Crippen molar-refractivity contribution in [2.45, 2.75) is 31.9 Å². The summed E-state index contributed by atoms with van der Waals surface area (Å²) in [5.74, 6) is 0.687. The third-order valence-electron chi connectivity index (χ3n) is 5.13. The van der Waals surface area contributed by atoms with Gasteiger partial charge in [-0.15, -0.1) is 0 Å². The summed E-state index contributed by atoms with van der Waals surface area (Å²) >= 11 is 0. The van der Waals surface area contributed by atoms with Gasteiger partial charge in [-0.25, -0.2) is 4.98 Å². The first-order valence-electron chi connectivity index (χ1n) is 9.70. The molecule has 0 fully saturated rings. The van der Waals surface area contributed by atoms with E-state index in [4.69, 9.17) is 0 Å². The Balaban J connectivity index is 1.19. The third-order valence-corrected chi connectivity index (χ3v) is 5.13. The molecule has 4 rings (SSSR count). The maximum atomic E-state index is 12.1. The summed E-state index contributed by atoms with van der Waals surface area (Å²) in [6.45, 7) is 2.61. The van der Waals surface area contributed by atoms with Crippen LogP contribution >= 0.6 is 0 Å². The summed E-state index contributed by atoms with van der Waals surface area (Å²) in [6, 6.07) is 10.3. The van der Waals surface area contributed by atoms with Gasteiger partial charge in [0.25, 0.3) is 0 Å². The molecule has 3 N–H and O–H groups in total. The predicted octanol–water partition coefficient (Wildman–Crippen LogP) is 1.43. The Morgan fingerprint density at radius 2 is 2.14 bits per heavy atom. The number of hydrogen-bond donors (Lipinski definition) is 3. The Bertz CT molecular complexity index is 922. The topological polar surface area (TPSA) is 94.1 Å². The van der Waals surface area contributed by atoms with Crippen molar-refractivity contribution in [1.29, 1.82) is 0 Å². The lowest BCUT2D eigenvalue weighted by Gasteiger charge is -2.30. The van der Waals surface area contributed by atoms with E-state index < -0.39 is 6.10 Å². The Morgan fingerprint density at radius 3 is 3.00 bits per heavy atom. The number of nitrogens with one attached hydrogen (secondary N) is 2. The van der Waals surface area contributed by atoms with Crippen LogP contribution in [0.2, 0.25) is 0 Å². The molecule has 0 aliphatic carbocycles. The van der Waals surface area contributed by atoms with Crippen LogP contribution in [0.1, 0.15) is 23.4 Å². The summed E-state index contributed by atoms with van der Waals surface area (Å²) in [5, 5.41) is 13.1. The van der Waals surface area contributed by atoms with E-state index in [1.165, 1.54) is 11.1 Å². The molecule has 0 saturated heterocycles. The number of rotatable bonds is 7. The third kappa shape index (κ3) is 4.55. The predicted molar refractivity (Wildman–Crippen MR) is 107 cm³/mol. The van der Waals surface area contributed by atoms with E-state index in [0.717, 1.165) is 36.4 Å². The fourth-order valence-corrected chi connectivity index (χ4v) is 3.65. The van der Waals surface area contributed by atoms with Gasteiger partial charge in [-0.3, -0.25) is 14.7 Å². The summed E-state index contributed by atoms with van der Waals surface area (Å²) in [4.78, 5) is 26.0. The number of β-amino-alcohol motifs (C(OH)–C–C–N with tert-alkyl or cyclic N) is 1. The highest BCUT2D eigenvalue weighted by Gasteiger charge is 2.18. The van der Waals surface area contributed by atoms with Gasteiger partial charge in [0, 0.05) is 45.2 Å². The number of carbonyl (C=O) groups excluding carboxylic acids is 1. The van der Waals surface area contributed by atoms with Gasteiger partial charge in [-0.2, -0.15) is 0 Å². The minimum Gasteiger partial charge on any atom is -0.390 e. The molecule has 146 valence electrons. The molecule has 2 aromatic heterocycles. The maximum Gasteiger partial charge on any atom is 0.220 e. The number of nitrogens with zero attached hydrogens (tertiary/aromatic N) is 3. The van der Waals surface area contributed by atoms with Gasteiger partial charge in [0.05, 0.1) is 23.3 Å². The van der Waals surface area contributed by atoms with Crippen molar-refractivity contribution < 1.29 is 9.90 Å². The number of pyridine rings is 1. The van der Waals surface area contributed by atoms with Gasteiger partial charge in [0.2, 0.25) is 5.91 Å². The minimum atomic E-state index is -0.577. The molecule has 1 atom stereocenters. The highest BCUT2D eigenvalue weighted by molar-refractivity contribution is 5.76. The zero-order chi connectivity index (χ0) is 19.3. The summed E-state index contributed by atoms with van der Waals surface area (Å²) in [7, 11) is 0. The molecular weight excluding hydrogens is 354 g/mol. The molecule has 28 heavy (non-hydrogen) atoms. The molecule has 1 aliphatic rings. The number of imidazole rings is 1. The van der Waals surface area contributed by atoms with Gasteiger partial charge < -0.3 is 15.4 Å². The van der Waals surface area contributed by atoms with Crippen molar-refractivity contribution in [1.82, 2.24) is 25.2 Å². The number of H-pyrrole nitrogens is 1. The fourth-order valence-electron chi connectivity index (χ4n) is 3.65. The molecule has 0 unspecified atom stereocenters. The van der Waals surface area contributed by atoms with Crippen molar-refractivity contribution in [3.05, 3.63) is 59.7 Å². The van der Waals surface area contributed by atoms with Crippen LogP contribution in [-0.4, -0.2) is 56.6 Å². The van der Waals surface area contributed by atoms with Gasteiger partial charge in [-0.1, -0.05) is 24.3 Å². The van der Waals surface area contributed by atoms with Crippen LogP contribution < -0.4 is 5.32 Å². The first-order valence-corrected chi connectivity index (χ1v) is 9.70. The van der Waals surface area contributed by atoms with E-state index in [-0.39, 0.29) is 12.5 Å². The van der Waals surface area contributed by atoms with Gasteiger partial charge in [0.1, 0.15) is 5.82 Å². The second-order valence-electron chi connectivity index (χ2n) is 7.29. The molecule has 0 saturated carbocycles. The number of benzene rings is 1. The molecule has 1 aromatic carbocycles. The van der Waals surface area contributed by atoms with Crippen molar-refractivity contribution >= 4 is 16.9 Å².